The largest absolute Gasteiger partial charge is 0.418 e. The third-order valence-electron chi connectivity index (χ3n) is 4.93. The first-order valence-electron chi connectivity index (χ1n) is 8.71. The summed E-state index contributed by atoms with van der Waals surface area (Å²) >= 11 is 0. The summed E-state index contributed by atoms with van der Waals surface area (Å²) in [4.78, 5) is 11.4. The Kier molecular flexibility index (Phi) is 4.22. The number of anilines is 2. The number of hydrogen-bond donors (Lipinski definition) is 2. The number of H-pyrrole nitrogens is 1. The van der Waals surface area contributed by atoms with Crippen LogP contribution in [-0.4, -0.2) is 48.1 Å². The highest BCUT2D eigenvalue weighted by Crippen LogP contribution is 2.39. The van der Waals surface area contributed by atoms with Gasteiger partial charge >= 0.3 is 6.18 Å². The fraction of sp³-hybridized carbons (Fsp3) is 0.316. The number of hydrogen-bond acceptors (Lipinski definition) is 4. The van der Waals surface area contributed by atoms with Crippen molar-refractivity contribution in [3.8, 4) is 11.4 Å². The summed E-state index contributed by atoms with van der Waals surface area (Å²) in [6, 6.07) is 9.59. The number of nitrogens with two attached hydrogens (primary N) is 1. The van der Waals surface area contributed by atoms with Crippen LogP contribution in [0.3, 0.4) is 0 Å². The van der Waals surface area contributed by atoms with Crippen LogP contribution in [-0.2, 0) is 6.18 Å². The quantitative estimate of drug-likeness (QED) is 0.672. The number of imidazole rings is 1. The molecule has 4 rings (SSSR count). The van der Waals surface area contributed by atoms with Crippen molar-refractivity contribution >= 4 is 22.4 Å². The summed E-state index contributed by atoms with van der Waals surface area (Å²) in [6.07, 6.45) is -4.44. The molecule has 0 spiro atoms. The zero-order valence-electron chi connectivity index (χ0n) is 14.8. The molecule has 1 aromatic heterocycles. The number of halogens is 3. The monoisotopic (exact) mass is 375 g/mol. The average Bonchev–Trinajstić information content (AvgIpc) is 3.04. The number of nitrogens with zero attached hydrogens (tertiary/aromatic N) is 3. The van der Waals surface area contributed by atoms with Gasteiger partial charge in [-0.3, -0.25) is 0 Å². The predicted octanol–water partition coefficient (Wildman–Crippen LogP) is 3.58. The summed E-state index contributed by atoms with van der Waals surface area (Å²) in [6.45, 7) is 2.62. The van der Waals surface area contributed by atoms with Gasteiger partial charge in [0.2, 0.25) is 0 Å². The van der Waals surface area contributed by atoms with Crippen LogP contribution in [0.15, 0.2) is 36.4 Å². The van der Waals surface area contributed by atoms with E-state index < -0.39 is 11.7 Å². The van der Waals surface area contributed by atoms with Gasteiger partial charge in [0.15, 0.2) is 0 Å². The van der Waals surface area contributed by atoms with Crippen molar-refractivity contribution in [3.63, 3.8) is 0 Å². The minimum Gasteiger partial charge on any atom is -0.399 e. The van der Waals surface area contributed by atoms with Crippen LogP contribution in [0.25, 0.3) is 22.4 Å². The molecule has 0 atom stereocenters. The fourth-order valence-corrected chi connectivity index (χ4v) is 3.39. The van der Waals surface area contributed by atoms with Gasteiger partial charge in [0.05, 0.1) is 16.6 Å². The van der Waals surface area contributed by atoms with E-state index in [4.69, 9.17) is 5.73 Å². The summed E-state index contributed by atoms with van der Waals surface area (Å²) in [5.41, 5.74) is 7.66. The van der Waals surface area contributed by atoms with Crippen molar-refractivity contribution in [2.24, 2.45) is 0 Å². The zero-order valence-corrected chi connectivity index (χ0v) is 14.8. The minimum atomic E-state index is -4.44. The zero-order chi connectivity index (χ0) is 19.2. The van der Waals surface area contributed by atoms with Crippen molar-refractivity contribution in [1.82, 2.24) is 14.9 Å². The molecule has 2 heterocycles. The van der Waals surface area contributed by atoms with E-state index >= 15 is 0 Å². The molecule has 142 valence electrons. The minimum absolute atomic E-state index is 0.222. The normalized spacial score (nSPS) is 16.2. The Morgan fingerprint density at radius 1 is 1.04 bits per heavy atom. The Balaban J connectivity index is 1.76. The molecule has 2 aromatic carbocycles. The van der Waals surface area contributed by atoms with E-state index in [1.165, 1.54) is 6.07 Å². The smallest absolute Gasteiger partial charge is 0.399 e. The second kappa shape index (κ2) is 6.45. The average molecular weight is 375 g/mol. The summed E-state index contributed by atoms with van der Waals surface area (Å²) in [5, 5.41) is 0. The number of nitrogens with one attached hydrogen (secondary N) is 1. The molecule has 0 radical (unpaired) electrons. The highest BCUT2D eigenvalue weighted by molar-refractivity contribution is 5.82. The highest BCUT2D eigenvalue weighted by atomic mass is 19.4. The third-order valence-corrected chi connectivity index (χ3v) is 4.93. The van der Waals surface area contributed by atoms with Crippen LogP contribution in [0.4, 0.5) is 24.5 Å². The molecule has 0 saturated carbocycles. The second-order valence-corrected chi connectivity index (χ2v) is 6.88. The first kappa shape index (κ1) is 17.7. The number of benzene rings is 2. The highest BCUT2D eigenvalue weighted by Gasteiger charge is 2.36. The Morgan fingerprint density at radius 3 is 2.48 bits per heavy atom. The van der Waals surface area contributed by atoms with Crippen molar-refractivity contribution in [2.75, 3.05) is 43.9 Å². The van der Waals surface area contributed by atoms with Crippen molar-refractivity contribution in [3.05, 3.63) is 42.0 Å². The lowest BCUT2D eigenvalue weighted by Gasteiger charge is -2.35. The Morgan fingerprint density at radius 2 is 1.78 bits per heavy atom. The molecule has 3 N–H and O–H groups in total. The molecule has 1 saturated heterocycles. The Bertz CT molecular complexity index is 971. The van der Waals surface area contributed by atoms with E-state index in [9.17, 15) is 13.2 Å². The number of fused-ring (bicyclic) bond motifs is 1. The van der Waals surface area contributed by atoms with Crippen LogP contribution < -0.4 is 10.6 Å². The van der Waals surface area contributed by atoms with Crippen LogP contribution in [0.2, 0.25) is 0 Å². The van der Waals surface area contributed by atoms with Crippen LogP contribution >= 0.6 is 0 Å². The second-order valence-electron chi connectivity index (χ2n) is 6.88. The lowest BCUT2D eigenvalue weighted by atomic mass is 10.1. The standard InChI is InChI=1S/C19H20F3N5/c1-26-6-8-27(9-7-26)17-5-2-12(10-14(17)19(20,21)22)18-24-15-4-3-13(23)11-16(15)25-18/h2-5,10-11H,6-9,23H2,1H3,(H,24,25). The number of rotatable bonds is 2. The maximum absolute atomic E-state index is 13.7. The number of alkyl halides is 3. The van der Waals surface area contributed by atoms with Gasteiger partial charge < -0.3 is 20.5 Å². The molecule has 1 aliphatic rings. The molecule has 1 aliphatic heterocycles. The van der Waals surface area contributed by atoms with Crippen LogP contribution in [0.5, 0.6) is 0 Å². The first-order valence-corrected chi connectivity index (χ1v) is 8.71. The summed E-state index contributed by atoms with van der Waals surface area (Å²) in [7, 11) is 1.97. The van der Waals surface area contributed by atoms with Crippen LogP contribution in [0.1, 0.15) is 5.56 Å². The van der Waals surface area contributed by atoms with Gasteiger partial charge in [-0.05, 0) is 43.4 Å². The molecule has 0 unspecified atom stereocenters. The van der Waals surface area contributed by atoms with Gasteiger partial charge in [-0.2, -0.15) is 13.2 Å². The third kappa shape index (κ3) is 3.44. The molecule has 0 aliphatic carbocycles. The number of likely N-dealkylation sites (N-methyl/N-ethyl adjacent to an activating group) is 1. The van der Waals surface area contributed by atoms with Crippen molar-refractivity contribution in [1.29, 1.82) is 0 Å². The number of piperazine rings is 1. The molecule has 8 heteroatoms. The molecular weight excluding hydrogens is 355 g/mol. The van der Waals surface area contributed by atoms with Crippen molar-refractivity contribution < 1.29 is 13.2 Å². The first-order chi connectivity index (χ1) is 12.8. The lowest BCUT2D eigenvalue weighted by molar-refractivity contribution is -0.137. The predicted molar refractivity (Wildman–Crippen MR) is 101 cm³/mol. The maximum Gasteiger partial charge on any atom is 0.418 e. The molecular formula is C19H20F3N5. The Labute approximate surface area is 154 Å². The molecule has 27 heavy (non-hydrogen) atoms. The van der Waals surface area contributed by atoms with E-state index in [-0.39, 0.29) is 5.69 Å². The van der Waals surface area contributed by atoms with E-state index in [0.29, 0.717) is 35.7 Å². The van der Waals surface area contributed by atoms with Gasteiger partial charge in [0.25, 0.3) is 0 Å². The van der Waals surface area contributed by atoms with Crippen LogP contribution in [0, 0.1) is 0 Å². The SMILES string of the molecule is CN1CCN(c2ccc(-c3nc4cc(N)ccc4[nH]3)cc2C(F)(F)F)CC1. The van der Waals surface area contributed by atoms with Gasteiger partial charge in [-0.25, -0.2) is 4.98 Å². The number of aromatic nitrogens is 2. The maximum atomic E-state index is 13.7. The van der Waals surface area contributed by atoms with E-state index in [1.54, 1.807) is 35.2 Å². The molecule has 0 amide bonds. The summed E-state index contributed by atoms with van der Waals surface area (Å²) in [5.74, 6) is 0.394. The van der Waals surface area contributed by atoms with E-state index in [1.807, 2.05) is 7.05 Å². The Hall–Kier alpha value is -2.74. The molecule has 3 aromatic rings. The number of aromatic amines is 1. The van der Waals surface area contributed by atoms with Gasteiger partial charge in [0.1, 0.15) is 5.82 Å². The van der Waals surface area contributed by atoms with Gasteiger partial charge in [0, 0.05) is 43.1 Å². The molecule has 0 bridgehead atoms. The van der Waals surface area contributed by atoms with Gasteiger partial charge in [-0.15, -0.1) is 0 Å². The molecule has 5 nitrogen and oxygen atoms in total. The lowest BCUT2D eigenvalue weighted by Crippen LogP contribution is -2.45. The fourth-order valence-electron chi connectivity index (χ4n) is 3.39. The van der Waals surface area contributed by atoms with Gasteiger partial charge in [-0.1, -0.05) is 0 Å². The molecule has 1 fully saturated rings. The summed E-state index contributed by atoms with van der Waals surface area (Å²) < 4.78 is 41.2. The topological polar surface area (TPSA) is 61.2 Å². The van der Waals surface area contributed by atoms with E-state index in [2.05, 4.69) is 14.9 Å². The van der Waals surface area contributed by atoms with E-state index in [0.717, 1.165) is 18.6 Å². The number of nitrogen functional groups attached to an aromatic ring is 1. The van der Waals surface area contributed by atoms with Crippen molar-refractivity contribution in [2.45, 2.75) is 6.18 Å².